The van der Waals surface area contributed by atoms with Crippen molar-refractivity contribution in [2.45, 2.75) is 31.9 Å². The molecule has 2 aromatic carbocycles. The summed E-state index contributed by atoms with van der Waals surface area (Å²) in [4.78, 5) is 47.6. The van der Waals surface area contributed by atoms with Gasteiger partial charge in [0, 0.05) is 6.42 Å². The minimum atomic E-state index is -0.881. The van der Waals surface area contributed by atoms with Gasteiger partial charge in [-0.3, -0.25) is 14.4 Å². The van der Waals surface area contributed by atoms with Gasteiger partial charge in [0.15, 0.2) is 5.78 Å². The molecule has 0 radical (unpaired) electrons. The van der Waals surface area contributed by atoms with E-state index < -0.39 is 30.5 Å². The number of ketones is 1. The van der Waals surface area contributed by atoms with Gasteiger partial charge in [0.2, 0.25) is 5.91 Å². The third-order valence-corrected chi connectivity index (χ3v) is 4.60. The number of aliphatic hydroxyl groups excluding tert-OH is 1. The predicted octanol–water partition coefficient (Wildman–Crippen LogP) is 1.35. The number of Topliss-reactive ketones (excluding diaryl/α,β-unsaturated/α-hetero) is 1. The summed E-state index contributed by atoms with van der Waals surface area (Å²) in [5.74, 6) is -1.86. The molecule has 0 saturated carbocycles. The average molecular weight is 457 g/mol. The lowest BCUT2D eigenvalue weighted by Gasteiger charge is -2.18. The fourth-order valence-electron chi connectivity index (χ4n) is 2.91. The molecule has 33 heavy (non-hydrogen) atoms. The van der Waals surface area contributed by atoms with Gasteiger partial charge in [0.1, 0.15) is 19.0 Å². The zero-order valence-corrected chi connectivity index (χ0v) is 18.3. The molecule has 0 aromatic heterocycles. The molecule has 0 aliphatic carbocycles. The predicted molar refractivity (Wildman–Crippen MR) is 117 cm³/mol. The Morgan fingerprint density at radius 2 is 1.61 bits per heavy atom. The van der Waals surface area contributed by atoms with E-state index in [-0.39, 0.29) is 44.0 Å². The molecule has 0 aliphatic heterocycles. The van der Waals surface area contributed by atoms with Gasteiger partial charge in [-0.2, -0.15) is 0 Å². The molecule has 0 spiro atoms. The Bertz CT molecular complexity index is 927. The monoisotopic (exact) mass is 457 g/mol. The highest BCUT2D eigenvalue weighted by Gasteiger charge is 2.22. The molecule has 1 unspecified atom stereocenters. The first-order chi connectivity index (χ1) is 15.9. The number of esters is 2. The van der Waals surface area contributed by atoms with E-state index in [1.54, 1.807) is 12.1 Å². The van der Waals surface area contributed by atoms with Crippen molar-refractivity contribution in [3.63, 3.8) is 0 Å². The first-order valence-corrected chi connectivity index (χ1v) is 10.3. The van der Waals surface area contributed by atoms with Crippen molar-refractivity contribution in [3.8, 4) is 5.75 Å². The highest BCUT2D eigenvalue weighted by atomic mass is 16.5. The second-order valence-corrected chi connectivity index (χ2v) is 7.12. The second-order valence-electron chi connectivity index (χ2n) is 7.12. The Morgan fingerprint density at radius 1 is 0.909 bits per heavy atom. The van der Waals surface area contributed by atoms with E-state index in [0.29, 0.717) is 5.56 Å². The van der Waals surface area contributed by atoms with Crippen LogP contribution >= 0.6 is 0 Å². The van der Waals surface area contributed by atoms with Gasteiger partial charge in [-0.1, -0.05) is 42.5 Å². The quantitative estimate of drug-likeness (QED) is 0.341. The summed E-state index contributed by atoms with van der Waals surface area (Å²) in [6.07, 6.45) is -0.0182. The maximum atomic E-state index is 12.7. The summed E-state index contributed by atoms with van der Waals surface area (Å²) >= 11 is 0. The first-order valence-electron chi connectivity index (χ1n) is 10.3. The van der Waals surface area contributed by atoms with Crippen LogP contribution in [0.5, 0.6) is 5.75 Å². The topological polar surface area (TPSA) is 128 Å². The number of nitrogens with one attached hydrogen (secondary N) is 1. The number of aliphatic hydroxyl groups is 1. The molecule has 1 amide bonds. The Morgan fingerprint density at radius 3 is 2.24 bits per heavy atom. The zero-order chi connectivity index (χ0) is 24.1. The van der Waals surface area contributed by atoms with Crippen LogP contribution < -0.4 is 10.1 Å². The largest absolute Gasteiger partial charge is 0.469 e. The van der Waals surface area contributed by atoms with E-state index in [9.17, 15) is 19.2 Å². The third kappa shape index (κ3) is 9.63. The van der Waals surface area contributed by atoms with Gasteiger partial charge in [0.25, 0.3) is 0 Å². The standard InChI is InChI=1S/C24H27NO8/c1-31-23(29)12-11-21(27)20(13-17-7-9-19(10-8-17)33-24(30)14-26)25-22(28)16-32-15-18-5-3-2-4-6-18/h2-10,20,26H,11-16H2,1H3,(H,25,28). The number of hydrogen-bond donors (Lipinski definition) is 2. The Hall–Kier alpha value is -3.56. The van der Waals surface area contributed by atoms with E-state index in [2.05, 4.69) is 10.1 Å². The smallest absolute Gasteiger partial charge is 0.337 e. The normalized spacial score (nSPS) is 11.3. The highest BCUT2D eigenvalue weighted by Crippen LogP contribution is 2.15. The number of carbonyl (C=O) groups excluding carboxylic acids is 4. The van der Waals surface area contributed by atoms with Gasteiger partial charge in [0.05, 0.1) is 26.2 Å². The van der Waals surface area contributed by atoms with E-state index in [1.165, 1.54) is 19.2 Å². The number of ether oxygens (including phenoxy) is 3. The number of rotatable bonds is 13. The molecule has 0 heterocycles. The molecule has 0 fully saturated rings. The molecular weight excluding hydrogens is 430 g/mol. The van der Waals surface area contributed by atoms with Crippen LogP contribution in [0, 0.1) is 0 Å². The van der Waals surface area contributed by atoms with Crippen molar-refractivity contribution in [1.82, 2.24) is 5.32 Å². The number of amides is 1. The van der Waals surface area contributed by atoms with Gasteiger partial charge < -0.3 is 24.6 Å². The summed E-state index contributed by atoms with van der Waals surface area (Å²) in [6, 6.07) is 14.8. The molecule has 2 rings (SSSR count). The SMILES string of the molecule is COC(=O)CCC(=O)C(Cc1ccc(OC(=O)CO)cc1)NC(=O)COCc1ccccc1. The van der Waals surface area contributed by atoms with Gasteiger partial charge in [-0.15, -0.1) is 0 Å². The maximum absolute atomic E-state index is 12.7. The Kier molecular flexibility index (Phi) is 10.7. The van der Waals surface area contributed by atoms with E-state index >= 15 is 0 Å². The maximum Gasteiger partial charge on any atom is 0.337 e. The lowest BCUT2D eigenvalue weighted by atomic mass is 9.99. The highest BCUT2D eigenvalue weighted by molar-refractivity contribution is 5.91. The molecule has 0 saturated heterocycles. The Balaban J connectivity index is 1.98. The van der Waals surface area contributed by atoms with Gasteiger partial charge in [-0.25, -0.2) is 4.79 Å². The van der Waals surface area contributed by atoms with Crippen molar-refractivity contribution < 1.29 is 38.5 Å². The molecule has 176 valence electrons. The second kappa shape index (κ2) is 13.8. The Labute approximate surface area is 191 Å². The van der Waals surface area contributed by atoms with Crippen molar-refractivity contribution in [1.29, 1.82) is 0 Å². The van der Waals surface area contributed by atoms with E-state index in [4.69, 9.17) is 14.6 Å². The van der Waals surface area contributed by atoms with Gasteiger partial charge in [-0.05, 0) is 29.7 Å². The minimum Gasteiger partial charge on any atom is -0.469 e. The molecule has 9 nitrogen and oxygen atoms in total. The molecule has 2 N–H and O–H groups in total. The summed E-state index contributed by atoms with van der Waals surface area (Å²) in [5, 5.41) is 11.4. The number of benzene rings is 2. The van der Waals surface area contributed by atoms with Crippen LogP contribution in [0.3, 0.4) is 0 Å². The number of hydrogen-bond acceptors (Lipinski definition) is 8. The van der Waals surface area contributed by atoms with Crippen LogP contribution in [-0.2, 0) is 41.7 Å². The average Bonchev–Trinajstić information content (AvgIpc) is 2.83. The van der Waals surface area contributed by atoms with Gasteiger partial charge >= 0.3 is 11.9 Å². The molecular formula is C24H27NO8. The molecule has 9 heteroatoms. The van der Waals surface area contributed by atoms with E-state index in [0.717, 1.165) is 5.56 Å². The summed E-state index contributed by atoms with van der Waals surface area (Å²) in [5.41, 5.74) is 1.61. The fraction of sp³-hybridized carbons (Fsp3) is 0.333. The lowest BCUT2D eigenvalue weighted by molar-refractivity contribution is -0.142. The molecule has 1 atom stereocenters. The van der Waals surface area contributed by atoms with Crippen LogP contribution in [0.25, 0.3) is 0 Å². The summed E-state index contributed by atoms with van der Waals surface area (Å²) in [7, 11) is 1.24. The lowest BCUT2D eigenvalue weighted by Crippen LogP contribution is -2.44. The van der Waals surface area contributed by atoms with Crippen LogP contribution in [0.1, 0.15) is 24.0 Å². The molecule has 0 aliphatic rings. The van der Waals surface area contributed by atoms with E-state index in [1.807, 2.05) is 30.3 Å². The fourth-order valence-corrected chi connectivity index (χ4v) is 2.91. The molecule has 0 bridgehead atoms. The first kappa shape index (κ1) is 25.7. The van der Waals surface area contributed by atoms with Crippen molar-refractivity contribution in [2.75, 3.05) is 20.3 Å². The number of methoxy groups -OCH3 is 1. The summed E-state index contributed by atoms with van der Waals surface area (Å²) in [6.45, 7) is -0.716. The third-order valence-electron chi connectivity index (χ3n) is 4.60. The van der Waals surface area contributed by atoms with Crippen LogP contribution in [-0.4, -0.2) is 55.1 Å². The minimum absolute atomic E-state index is 0.0886. The van der Waals surface area contributed by atoms with Crippen molar-refractivity contribution >= 4 is 23.6 Å². The van der Waals surface area contributed by atoms with Crippen molar-refractivity contribution in [3.05, 3.63) is 65.7 Å². The van der Waals surface area contributed by atoms with Crippen LogP contribution in [0.2, 0.25) is 0 Å². The zero-order valence-electron chi connectivity index (χ0n) is 18.3. The van der Waals surface area contributed by atoms with Crippen LogP contribution in [0.4, 0.5) is 0 Å². The molecule has 2 aromatic rings. The number of carbonyl (C=O) groups is 4. The summed E-state index contributed by atoms with van der Waals surface area (Å²) < 4.78 is 14.9. The van der Waals surface area contributed by atoms with Crippen LogP contribution in [0.15, 0.2) is 54.6 Å². The van der Waals surface area contributed by atoms with Crippen molar-refractivity contribution in [2.24, 2.45) is 0 Å².